The van der Waals surface area contributed by atoms with Gasteiger partial charge >= 0.3 is 0 Å². The first kappa shape index (κ1) is 19.1. The van der Waals surface area contributed by atoms with Crippen molar-refractivity contribution in [2.75, 3.05) is 52.9 Å². The van der Waals surface area contributed by atoms with Crippen LogP contribution >= 0.6 is 0 Å². The largest absolute Gasteiger partial charge is 0.497 e. The number of anilines is 1. The number of benzene rings is 1. The van der Waals surface area contributed by atoms with Gasteiger partial charge < -0.3 is 19.3 Å². The topological polar surface area (TPSA) is 67.8 Å². The minimum Gasteiger partial charge on any atom is -0.497 e. The Balaban J connectivity index is 1.89. The molecule has 0 saturated carbocycles. The van der Waals surface area contributed by atoms with Crippen molar-refractivity contribution in [2.24, 2.45) is 0 Å². The molecule has 0 radical (unpaired) electrons. The number of hydrogen-bond acceptors (Lipinski definition) is 6. The van der Waals surface area contributed by atoms with Gasteiger partial charge in [-0.1, -0.05) is 0 Å². The van der Waals surface area contributed by atoms with Gasteiger partial charge in [-0.15, -0.1) is 0 Å². The molecule has 1 fully saturated rings. The lowest BCUT2D eigenvalue weighted by atomic mass is 10.0. The summed E-state index contributed by atoms with van der Waals surface area (Å²) in [6.45, 7) is 1.51. The van der Waals surface area contributed by atoms with Crippen molar-refractivity contribution >= 4 is 11.9 Å². The third-order valence-corrected chi connectivity index (χ3v) is 4.75. The summed E-state index contributed by atoms with van der Waals surface area (Å²) in [5.74, 6) is 1.70. The van der Waals surface area contributed by atoms with Gasteiger partial charge in [-0.2, -0.15) is 0 Å². The van der Waals surface area contributed by atoms with Crippen LogP contribution in [0.15, 0.2) is 30.3 Å². The molecule has 1 aliphatic heterocycles. The fourth-order valence-corrected chi connectivity index (χ4v) is 3.21. The van der Waals surface area contributed by atoms with Gasteiger partial charge in [0.1, 0.15) is 12.4 Å². The number of aromatic nitrogens is 2. The molecule has 27 heavy (non-hydrogen) atoms. The SMILES string of the molecule is COCC(=O)N1CC[C@H](c2cc(-c3ccc(OC)cc3)nc(N(C)C)n2)C1. The van der Waals surface area contributed by atoms with E-state index < -0.39 is 0 Å². The molecule has 1 atom stereocenters. The van der Waals surface area contributed by atoms with E-state index in [0.29, 0.717) is 12.5 Å². The average Bonchev–Trinajstić information content (AvgIpc) is 3.18. The van der Waals surface area contributed by atoms with Crippen LogP contribution in [0.3, 0.4) is 0 Å². The highest BCUT2D eigenvalue weighted by molar-refractivity contribution is 5.77. The molecule has 0 bridgehead atoms. The molecule has 2 heterocycles. The molecular weight excluding hydrogens is 344 g/mol. The van der Waals surface area contributed by atoms with Gasteiger partial charge in [0.25, 0.3) is 0 Å². The van der Waals surface area contributed by atoms with Crippen LogP contribution in [0.1, 0.15) is 18.0 Å². The molecule has 0 N–H and O–H groups in total. The Kier molecular flexibility index (Phi) is 5.91. The lowest BCUT2D eigenvalue weighted by molar-refractivity contribution is -0.134. The van der Waals surface area contributed by atoms with Gasteiger partial charge in [-0.3, -0.25) is 4.79 Å². The molecule has 3 rings (SSSR count). The molecule has 1 amide bonds. The first-order valence-electron chi connectivity index (χ1n) is 8.99. The van der Waals surface area contributed by atoms with Crippen molar-refractivity contribution in [1.29, 1.82) is 0 Å². The lowest BCUT2D eigenvalue weighted by Crippen LogP contribution is -2.31. The second-order valence-corrected chi connectivity index (χ2v) is 6.86. The minimum absolute atomic E-state index is 0.0252. The molecule has 7 nitrogen and oxygen atoms in total. The fraction of sp³-hybridized carbons (Fsp3) is 0.450. The molecule has 0 unspecified atom stereocenters. The van der Waals surface area contributed by atoms with Gasteiger partial charge in [-0.05, 0) is 36.8 Å². The number of carbonyl (C=O) groups is 1. The van der Waals surface area contributed by atoms with Crippen LogP contribution in [0.4, 0.5) is 5.95 Å². The van der Waals surface area contributed by atoms with Crippen LogP contribution < -0.4 is 9.64 Å². The Morgan fingerprint density at radius 1 is 1.22 bits per heavy atom. The Bertz CT molecular complexity index is 792. The van der Waals surface area contributed by atoms with Gasteiger partial charge in [-0.25, -0.2) is 9.97 Å². The summed E-state index contributed by atoms with van der Waals surface area (Å²) in [4.78, 5) is 25.3. The van der Waals surface area contributed by atoms with Gasteiger partial charge in [0, 0.05) is 45.8 Å². The zero-order valence-electron chi connectivity index (χ0n) is 16.3. The first-order valence-corrected chi connectivity index (χ1v) is 8.99. The van der Waals surface area contributed by atoms with E-state index in [1.807, 2.05) is 54.2 Å². The second kappa shape index (κ2) is 8.35. The summed E-state index contributed by atoms with van der Waals surface area (Å²) >= 11 is 0. The lowest BCUT2D eigenvalue weighted by Gasteiger charge is -2.18. The summed E-state index contributed by atoms with van der Waals surface area (Å²) in [6.07, 6.45) is 0.890. The van der Waals surface area contributed by atoms with Gasteiger partial charge in [0.05, 0.1) is 18.5 Å². The third kappa shape index (κ3) is 4.36. The first-order chi connectivity index (χ1) is 13.0. The standard InChI is InChI=1S/C20H26N4O3/c1-23(2)20-21-17(14-5-7-16(27-4)8-6-14)11-18(22-20)15-9-10-24(12-15)19(25)13-26-3/h5-8,11,15H,9-10,12-13H2,1-4H3/t15-/m0/s1. The highest BCUT2D eigenvalue weighted by atomic mass is 16.5. The Morgan fingerprint density at radius 2 is 1.96 bits per heavy atom. The van der Waals surface area contributed by atoms with Gasteiger partial charge in [0.2, 0.25) is 11.9 Å². The third-order valence-electron chi connectivity index (χ3n) is 4.75. The molecular formula is C20H26N4O3. The van der Waals surface area contributed by atoms with E-state index in [0.717, 1.165) is 35.7 Å². The minimum atomic E-state index is 0.0252. The van der Waals surface area contributed by atoms with Crippen LogP contribution in [-0.4, -0.2) is 68.8 Å². The van der Waals surface area contributed by atoms with Crippen LogP contribution in [0.5, 0.6) is 5.75 Å². The molecule has 0 aliphatic carbocycles. The molecule has 144 valence electrons. The van der Waals surface area contributed by atoms with E-state index >= 15 is 0 Å². The van der Waals surface area contributed by atoms with Crippen molar-refractivity contribution in [1.82, 2.24) is 14.9 Å². The van der Waals surface area contributed by atoms with E-state index in [9.17, 15) is 4.79 Å². The second-order valence-electron chi connectivity index (χ2n) is 6.86. The highest BCUT2D eigenvalue weighted by Crippen LogP contribution is 2.30. The van der Waals surface area contributed by atoms with E-state index in [2.05, 4.69) is 4.98 Å². The fourth-order valence-electron chi connectivity index (χ4n) is 3.21. The van der Waals surface area contributed by atoms with Crippen molar-refractivity contribution in [2.45, 2.75) is 12.3 Å². The number of methoxy groups -OCH3 is 2. The summed E-state index contributed by atoms with van der Waals surface area (Å²) in [5.41, 5.74) is 2.84. The number of carbonyl (C=O) groups excluding carboxylic acids is 1. The van der Waals surface area contributed by atoms with Crippen LogP contribution in [0, 0.1) is 0 Å². The zero-order chi connectivity index (χ0) is 19.4. The summed E-state index contributed by atoms with van der Waals surface area (Å²) in [6, 6.07) is 9.87. The number of ether oxygens (including phenoxy) is 2. The normalized spacial score (nSPS) is 16.4. The molecule has 1 aromatic heterocycles. The maximum Gasteiger partial charge on any atom is 0.248 e. The monoisotopic (exact) mass is 370 g/mol. The summed E-state index contributed by atoms with van der Waals surface area (Å²) in [7, 11) is 7.05. The maximum absolute atomic E-state index is 12.1. The van der Waals surface area contributed by atoms with Crippen molar-refractivity contribution in [3.63, 3.8) is 0 Å². The van der Waals surface area contributed by atoms with E-state index in [1.54, 1.807) is 14.2 Å². The predicted molar refractivity (Wildman–Crippen MR) is 104 cm³/mol. The Hall–Kier alpha value is -2.67. The Morgan fingerprint density at radius 3 is 2.59 bits per heavy atom. The Labute approximate surface area is 159 Å². The van der Waals surface area contributed by atoms with Crippen molar-refractivity contribution in [3.8, 4) is 17.0 Å². The molecule has 1 aromatic carbocycles. The van der Waals surface area contributed by atoms with Crippen molar-refractivity contribution in [3.05, 3.63) is 36.0 Å². The number of nitrogens with zero attached hydrogens (tertiary/aromatic N) is 4. The highest BCUT2D eigenvalue weighted by Gasteiger charge is 2.29. The number of amides is 1. The molecule has 0 spiro atoms. The van der Waals surface area contributed by atoms with Crippen molar-refractivity contribution < 1.29 is 14.3 Å². The quantitative estimate of drug-likeness (QED) is 0.776. The summed E-state index contributed by atoms with van der Waals surface area (Å²) < 4.78 is 10.2. The smallest absolute Gasteiger partial charge is 0.248 e. The number of hydrogen-bond donors (Lipinski definition) is 0. The molecule has 1 saturated heterocycles. The molecule has 7 heteroatoms. The van der Waals surface area contributed by atoms with E-state index in [4.69, 9.17) is 14.5 Å². The number of likely N-dealkylation sites (tertiary alicyclic amines) is 1. The van der Waals surface area contributed by atoms with E-state index in [-0.39, 0.29) is 18.4 Å². The van der Waals surface area contributed by atoms with Crippen LogP contribution in [-0.2, 0) is 9.53 Å². The number of rotatable bonds is 6. The zero-order valence-corrected chi connectivity index (χ0v) is 16.3. The van der Waals surface area contributed by atoms with Crippen LogP contribution in [0.2, 0.25) is 0 Å². The van der Waals surface area contributed by atoms with Crippen LogP contribution in [0.25, 0.3) is 11.3 Å². The molecule has 1 aliphatic rings. The average molecular weight is 370 g/mol. The van der Waals surface area contributed by atoms with Gasteiger partial charge in [0.15, 0.2) is 0 Å². The van der Waals surface area contributed by atoms with E-state index in [1.165, 1.54) is 0 Å². The predicted octanol–water partition coefficient (Wildman–Crippen LogP) is 2.18. The molecule has 2 aromatic rings. The maximum atomic E-state index is 12.1. The summed E-state index contributed by atoms with van der Waals surface area (Å²) in [5, 5.41) is 0.